The number of nitrogens with zero attached hydrogens (tertiary/aromatic N) is 4. The Bertz CT molecular complexity index is 556. The maximum Gasteiger partial charge on any atom is 0.180 e. The Balaban J connectivity index is 1.93. The summed E-state index contributed by atoms with van der Waals surface area (Å²) in [6, 6.07) is 9.97. The Morgan fingerprint density at radius 2 is 1.88 bits per heavy atom. The number of aliphatic imine (C=N–C) groups is 4. The third-order valence-electron chi connectivity index (χ3n) is 2.77. The molecule has 1 atom stereocenters. The summed E-state index contributed by atoms with van der Waals surface area (Å²) in [6.45, 7) is 0. The van der Waals surface area contributed by atoms with E-state index in [9.17, 15) is 0 Å². The first-order valence-electron chi connectivity index (χ1n) is 5.33. The van der Waals surface area contributed by atoms with Gasteiger partial charge in [-0.3, -0.25) is 0 Å². The Hall–Kier alpha value is -2.14. The van der Waals surface area contributed by atoms with Crippen molar-refractivity contribution >= 4 is 24.2 Å². The van der Waals surface area contributed by atoms with E-state index in [2.05, 4.69) is 20.0 Å². The maximum absolute atomic E-state index is 6.29. The molecule has 5 nitrogen and oxygen atoms in total. The van der Waals surface area contributed by atoms with Gasteiger partial charge in [-0.25, -0.2) is 20.0 Å². The molecule has 0 aromatic heterocycles. The summed E-state index contributed by atoms with van der Waals surface area (Å²) >= 11 is 0. The summed E-state index contributed by atoms with van der Waals surface area (Å²) in [5.74, 6) is 0.568. The van der Waals surface area contributed by atoms with Crippen molar-refractivity contribution in [2.75, 3.05) is 0 Å². The molecule has 2 heterocycles. The Morgan fingerprint density at radius 3 is 2.71 bits per heavy atom. The fourth-order valence-corrected chi connectivity index (χ4v) is 1.94. The molecule has 17 heavy (non-hydrogen) atoms. The van der Waals surface area contributed by atoms with Gasteiger partial charge in [-0.2, -0.15) is 0 Å². The third-order valence-corrected chi connectivity index (χ3v) is 2.77. The lowest BCUT2D eigenvalue weighted by Crippen LogP contribution is -2.52. The third kappa shape index (κ3) is 1.70. The quantitative estimate of drug-likeness (QED) is 0.794. The van der Waals surface area contributed by atoms with Gasteiger partial charge >= 0.3 is 0 Å². The molecule has 0 spiro atoms. The maximum atomic E-state index is 6.29. The van der Waals surface area contributed by atoms with Crippen LogP contribution in [0.3, 0.4) is 0 Å². The number of benzene rings is 1. The number of rotatable bonds is 2. The zero-order chi connectivity index (χ0) is 11.7. The SMILES string of the molecule is N[C@]1(Cc2ccccc2)N=CN=C2N=CN=C21. The second kappa shape index (κ2) is 3.71. The first-order valence-corrected chi connectivity index (χ1v) is 5.33. The van der Waals surface area contributed by atoms with E-state index in [0.717, 1.165) is 5.56 Å². The highest BCUT2D eigenvalue weighted by molar-refractivity contribution is 6.50. The van der Waals surface area contributed by atoms with E-state index in [4.69, 9.17) is 5.73 Å². The topological polar surface area (TPSA) is 75.5 Å². The van der Waals surface area contributed by atoms with E-state index in [-0.39, 0.29) is 0 Å². The first kappa shape index (κ1) is 10.0. The van der Waals surface area contributed by atoms with Crippen LogP contribution in [0.2, 0.25) is 0 Å². The molecule has 1 aromatic rings. The van der Waals surface area contributed by atoms with E-state index in [1.165, 1.54) is 12.7 Å². The zero-order valence-corrected chi connectivity index (χ0v) is 9.11. The van der Waals surface area contributed by atoms with Gasteiger partial charge in [0.15, 0.2) is 11.5 Å². The van der Waals surface area contributed by atoms with Crippen LogP contribution in [0.5, 0.6) is 0 Å². The second-order valence-corrected chi connectivity index (χ2v) is 4.01. The van der Waals surface area contributed by atoms with Gasteiger partial charge in [0.05, 0.1) is 0 Å². The van der Waals surface area contributed by atoms with Crippen molar-refractivity contribution in [1.29, 1.82) is 0 Å². The highest BCUT2D eigenvalue weighted by atomic mass is 15.2. The van der Waals surface area contributed by atoms with Crippen molar-refractivity contribution in [3.63, 3.8) is 0 Å². The Kier molecular flexibility index (Phi) is 2.19. The predicted molar refractivity (Wildman–Crippen MR) is 68.9 cm³/mol. The van der Waals surface area contributed by atoms with E-state index in [1.807, 2.05) is 30.3 Å². The minimum absolute atomic E-state index is 0.568. The molecule has 0 aliphatic carbocycles. The number of hydrogen-bond acceptors (Lipinski definition) is 5. The van der Waals surface area contributed by atoms with Crippen molar-refractivity contribution in [2.45, 2.75) is 12.1 Å². The van der Waals surface area contributed by atoms with Crippen LogP contribution in [0.25, 0.3) is 0 Å². The summed E-state index contributed by atoms with van der Waals surface area (Å²) in [5, 5.41) is 0. The fourth-order valence-electron chi connectivity index (χ4n) is 1.94. The normalized spacial score (nSPS) is 25.5. The zero-order valence-electron chi connectivity index (χ0n) is 9.11. The van der Waals surface area contributed by atoms with Crippen LogP contribution in [0.4, 0.5) is 0 Å². The van der Waals surface area contributed by atoms with Gasteiger partial charge in [-0.15, -0.1) is 0 Å². The number of fused-ring (bicyclic) bond motifs is 1. The molecular weight excluding hydrogens is 214 g/mol. The molecule has 0 amide bonds. The lowest BCUT2D eigenvalue weighted by Gasteiger charge is -2.26. The molecule has 2 aliphatic heterocycles. The largest absolute Gasteiger partial charge is 0.302 e. The van der Waals surface area contributed by atoms with Crippen LogP contribution in [-0.2, 0) is 6.42 Å². The summed E-state index contributed by atoms with van der Waals surface area (Å²) < 4.78 is 0. The van der Waals surface area contributed by atoms with Gasteiger partial charge in [-0.05, 0) is 5.56 Å². The minimum atomic E-state index is -0.852. The second-order valence-electron chi connectivity index (χ2n) is 4.01. The monoisotopic (exact) mass is 225 g/mol. The Labute approximate surface area is 98.5 Å². The fraction of sp³-hybridized carbons (Fsp3) is 0.167. The molecule has 0 fully saturated rings. The molecule has 2 N–H and O–H groups in total. The minimum Gasteiger partial charge on any atom is -0.302 e. The lowest BCUT2D eigenvalue weighted by atomic mass is 9.95. The van der Waals surface area contributed by atoms with Gasteiger partial charge < -0.3 is 5.73 Å². The molecule has 2 aliphatic rings. The molecule has 84 valence electrons. The van der Waals surface area contributed by atoms with E-state index in [1.54, 1.807) is 0 Å². The van der Waals surface area contributed by atoms with E-state index >= 15 is 0 Å². The van der Waals surface area contributed by atoms with E-state index < -0.39 is 5.66 Å². The van der Waals surface area contributed by atoms with Crippen molar-refractivity contribution in [2.24, 2.45) is 25.7 Å². The van der Waals surface area contributed by atoms with Gasteiger partial charge in [0.25, 0.3) is 0 Å². The van der Waals surface area contributed by atoms with Crippen LogP contribution in [-0.4, -0.2) is 29.9 Å². The number of nitrogens with two attached hydrogens (primary N) is 1. The smallest absolute Gasteiger partial charge is 0.180 e. The van der Waals surface area contributed by atoms with Crippen LogP contribution in [0.15, 0.2) is 50.3 Å². The number of amidine groups is 1. The van der Waals surface area contributed by atoms with Crippen molar-refractivity contribution < 1.29 is 0 Å². The van der Waals surface area contributed by atoms with Gasteiger partial charge in [0.2, 0.25) is 0 Å². The summed E-state index contributed by atoms with van der Waals surface area (Å²) in [6.07, 6.45) is 3.51. The van der Waals surface area contributed by atoms with Crippen LogP contribution in [0.1, 0.15) is 5.56 Å². The van der Waals surface area contributed by atoms with Crippen LogP contribution >= 0.6 is 0 Å². The molecule has 5 heteroatoms. The molecule has 0 radical (unpaired) electrons. The molecular formula is C12H11N5. The molecule has 0 saturated carbocycles. The highest BCUT2D eigenvalue weighted by Gasteiger charge is 2.37. The van der Waals surface area contributed by atoms with Crippen LogP contribution in [0, 0.1) is 0 Å². The van der Waals surface area contributed by atoms with Crippen molar-refractivity contribution in [3.05, 3.63) is 35.9 Å². The summed E-state index contributed by atoms with van der Waals surface area (Å²) in [4.78, 5) is 16.5. The molecule has 1 aromatic carbocycles. The first-order chi connectivity index (χ1) is 8.28. The van der Waals surface area contributed by atoms with Crippen molar-refractivity contribution in [3.8, 4) is 0 Å². The highest BCUT2D eigenvalue weighted by Crippen LogP contribution is 2.20. The van der Waals surface area contributed by atoms with Gasteiger partial charge in [0, 0.05) is 6.42 Å². The Morgan fingerprint density at radius 1 is 1.06 bits per heavy atom. The van der Waals surface area contributed by atoms with E-state index in [0.29, 0.717) is 18.0 Å². The molecule has 3 rings (SSSR count). The van der Waals surface area contributed by atoms with Crippen LogP contribution < -0.4 is 5.73 Å². The van der Waals surface area contributed by atoms with Gasteiger partial charge in [0.1, 0.15) is 18.4 Å². The molecule has 0 unspecified atom stereocenters. The molecule has 0 bridgehead atoms. The average molecular weight is 225 g/mol. The number of hydrogen-bond donors (Lipinski definition) is 1. The summed E-state index contributed by atoms with van der Waals surface area (Å²) in [5.41, 5.74) is 7.19. The van der Waals surface area contributed by atoms with Gasteiger partial charge in [-0.1, -0.05) is 30.3 Å². The summed E-state index contributed by atoms with van der Waals surface area (Å²) in [7, 11) is 0. The lowest BCUT2D eigenvalue weighted by molar-refractivity contribution is 0.597. The average Bonchev–Trinajstić information content (AvgIpc) is 2.80. The molecule has 0 saturated heterocycles. The predicted octanol–water partition coefficient (Wildman–Crippen LogP) is 0.807. The van der Waals surface area contributed by atoms with Crippen molar-refractivity contribution in [1.82, 2.24) is 0 Å². The standard InChI is InChI=1S/C12H11N5/c13-12(6-9-4-2-1-3-5-9)10-11(15-7-14-10)16-8-17-12/h1-5,7-8H,6,13H2/t12-/m1/s1.